The van der Waals surface area contributed by atoms with Gasteiger partial charge in [-0.2, -0.15) is 0 Å². The summed E-state index contributed by atoms with van der Waals surface area (Å²) in [7, 11) is 0. The molecule has 0 heterocycles. The topological polar surface area (TPSA) is 128 Å². The Balaban J connectivity index is 2.09. The summed E-state index contributed by atoms with van der Waals surface area (Å²) >= 11 is 0. The zero-order valence-corrected chi connectivity index (χ0v) is 15.2. The van der Waals surface area contributed by atoms with Gasteiger partial charge in [0.05, 0.1) is 0 Å². The summed E-state index contributed by atoms with van der Waals surface area (Å²) in [5, 5.41) is 21.7. The number of rotatable bonds is 8. The van der Waals surface area contributed by atoms with Gasteiger partial charge < -0.3 is 21.5 Å². The first-order valence-corrected chi connectivity index (χ1v) is 8.71. The Bertz CT molecular complexity index is 849. The minimum Gasteiger partial charge on any atom is -0.481 e. The quantitative estimate of drug-likeness (QED) is 0.361. The van der Waals surface area contributed by atoms with Crippen molar-refractivity contribution in [3.8, 4) is 0 Å². The number of aliphatic carboxylic acids is 1. The van der Waals surface area contributed by atoms with E-state index in [-0.39, 0.29) is 18.3 Å². The van der Waals surface area contributed by atoms with Crippen LogP contribution in [0.15, 0.2) is 42.5 Å². The van der Waals surface area contributed by atoms with Gasteiger partial charge in [-0.15, -0.1) is 0 Å². The number of carbonyl (C=O) groups excluding carboxylic acids is 1. The first kappa shape index (κ1) is 20.0. The van der Waals surface area contributed by atoms with Crippen molar-refractivity contribution in [3.63, 3.8) is 0 Å². The Labute approximate surface area is 158 Å². The van der Waals surface area contributed by atoms with Crippen LogP contribution in [0, 0.1) is 5.41 Å². The van der Waals surface area contributed by atoms with Crippen LogP contribution >= 0.6 is 0 Å². The Kier molecular flexibility index (Phi) is 6.93. The number of aryl methyl sites for hydroxylation is 1. The normalized spacial score (nSPS) is 10.3. The zero-order chi connectivity index (χ0) is 19.8. The number of hydrogen-bond acceptors (Lipinski definition) is 3. The molecule has 0 aliphatic rings. The zero-order valence-electron chi connectivity index (χ0n) is 15.2. The highest BCUT2D eigenvalue weighted by molar-refractivity contribution is 5.96. The fourth-order valence-corrected chi connectivity index (χ4v) is 2.95. The lowest BCUT2D eigenvalue weighted by atomic mass is 9.95. The number of carboxylic acids is 1. The molecule has 0 aromatic heterocycles. The number of benzene rings is 2. The van der Waals surface area contributed by atoms with E-state index in [1.165, 1.54) is 0 Å². The van der Waals surface area contributed by atoms with Gasteiger partial charge in [0.25, 0.3) is 5.91 Å². The summed E-state index contributed by atoms with van der Waals surface area (Å²) in [5.74, 6) is -1.26. The lowest BCUT2D eigenvalue weighted by Crippen LogP contribution is -2.24. The first-order valence-electron chi connectivity index (χ1n) is 8.71. The summed E-state index contributed by atoms with van der Waals surface area (Å²) in [6.07, 6.45) is 1.32. The van der Waals surface area contributed by atoms with Gasteiger partial charge in [-0.25, -0.2) is 0 Å². The molecule has 0 saturated carbocycles. The Morgan fingerprint density at radius 1 is 1.15 bits per heavy atom. The molecule has 2 aromatic rings. The number of guanidine groups is 1. The Morgan fingerprint density at radius 3 is 2.52 bits per heavy atom. The molecule has 0 radical (unpaired) electrons. The van der Waals surface area contributed by atoms with Crippen molar-refractivity contribution in [2.45, 2.75) is 32.7 Å². The van der Waals surface area contributed by atoms with E-state index < -0.39 is 5.97 Å². The third-order valence-electron chi connectivity index (χ3n) is 4.17. The number of nitrogens with one attached hydrogen (secondary N) is 3. The predicted molar refractivity (Wildman–Crippen MR) is 105 cm³/mol. The maximum absolute atomic E-state index is 12.5. The smallest absolute Gasteiger partial charge is 0.303 e. The minimum atomic E-state index is -0.824. The van der Waals surface area contributed by atoms with E-state index >= 15 is 0 Å². The molecule has 0 saturated heterocycles. The number of nitrogens with two attached hydrogens (primary N) is 1. The van der Waals surface area contributed by atoms with E-state index in [1.807, 2.05) is 25.1 Å². The van der Waals surface area contributed by atoms with E-state index in [9.17, 15) is 9.59 Å². The third-order valence-corrected chi connectivity index (χ3v) is 4.17. The molecule has 0 fully saturated rings. The van der Waals surface area contributed by atoms with E-state index in [2.05, 4.69) is 10.6 Å². The first-order chi connectivity index (χ1) is 12.9. The SMILES string of the molecule is CCc1c(CCC(=O)O)cccc1CNC(=O)c1cccc(NC(=N)N)c1. The molecule has 0 spiro atoms. The van der Waals surface area contributed by atoms with Crippen molar-refractivity contribution < 1.29 is 14.7 Å². The lowest BCUT2D eigenvalue weighted by molar-refractivity contribution is -0.136. The summed E-state index contributed by atoms with van der Waals surface area (Å²) in [4.78, 5) is 23.3. The molecule has 27 heavy (non-hydrogen) atoms. The fraction of sp³-hybridized carbons (Fsp3) is 0.250. The molecule has 0 unspecified atom stereocenters. The highest BCUT2D eigenvalue weighted by Crippen LogP contribution is 2.18. The minimum absolute atomic E-state index is 0.0821. The number of carbonyl (C=O) groups is 2. The van der Waals surface area contributed by atoms with Gasteiger partial charge in [0.2, 0.25) is 0 Å². The van der Waals surface area contributed by atoms with Crippen LogP contribution in [0.4, 0.5) is 5.69 Å². The molecule has 0 aliphatic carbocycles. The molecule has 0 aliphatic heterocycles. The van der Waals surface area contributed by atoms with Crippen LogP contribution < -0.4 is 16.4 Å². The van der Waals surface area contributed by atoms with Crippen LogP contribution in [0.2, 0.25) is 0 Å². The van der Waals surface area contributed by atoms with E-state index in [0.29, 0.717) is 24.2 Å². The van der Waals surface area contributed by atoms with Gasteiger partial charge in [0, 0.05) is 24.2 Å². The Hall–Kier alpha value is -3.35. The number of hydrogen-bond donors (Lipinski definition) is 5. The van der Waals surface area contributed by atoms with E-state index in [0.717, 1.165) is 23.1 Å². The van der Waals surface area contributed by atoms with Crippen molar-refractivity contribution in [1.29, 1.82) is 5.41 Å². The molecular formula is C20H24N4O3. The number of amides is 1. The van der Waals surface area contributed by atoms with Crippen LogP contribution in [-0.2, 0) is 24.2 Å². The summed E-state index contributed by atoms with van der Waals surface area (Å²) in [6.45, 7) is 2.37. The van der Waals surface area contributed by atoms with Crippen LogP contribution in [-0.4, -0.2) is 22.9 Å². The highest BCUT2D eigenvalue weighted by Gasteiger charge is 2.11. The van der Waals surface area contributed by atoms with Crippen LogP contribution in [0.3, 0.4) is 0 Å². The van der Waals surface area contributed by atoms with Gasteiger partial charge in [0.15, 0.2) is 5.96 Å². The number of anilines is 1. The predicted octanol–water partition coefficient (Wildman–Crippen LogP) is 2.50. The van der Waals surface area contributed by atoms with Gasteiger partial charge in [-0.1, -0.05) is 31.2 Å². The molecule has 7 heteroatoms. The van der Waals surface area contributed by atoms with E-state index in [1.54, 1.807) is 24.3 Å². The molecule has 2 aromatic carbocycles. The number of carboxylic acid groups (broad SMARTS) is 1. The van der Waals surface area contributed by atoms with Gasteiger partial charge in [-0.05, 0) is 47.7 Å². The molecule has 6 N–H and O–H groups in total. The van der Waals surface area contributed by atoms with Gasteiger partial charge >= 0.3 is 5.97 Å². The van der Waals surface area contributed by atoms with Crippen molar-refractivity contribution >= 4 is 23.5 Å². The highest BCUT2D eigenvalue weighted by atomic mass is 16.4. The second-order valence-electron chi connectivity index (χ2n) is 6.10. The largest absolute Gasteiger partial charge is 0.481 e. The van der Waals surface area contributed by atoms with Crippen molar-refractivity contribution in [3.05, 3.63) is 64.7 Å². The van der Waals surface area contributed by atoms with Gasteiger partial charge in [-0.3, -0.25) is 15.0 Å². The van der Waals surface area contributed by atoms with Crippen LogP contribution in [0.5, 0.6) is 0 Å². The standard InChI is InChI=1S/C20H24N4O3/c1-2-17-13(9-10-18(25)26)5-3-7-15(17)12-23-19(27)14-6-4-8-16(11-14)24-20(21)22/h3-8,11H,2,9-10,12H2,1H3,(H,23,27)(H,25,26)(H4,21,22,24). The molecule has 142 valence electrons. The molecule has 0 bridgehead atoms. The van der Waals surface area contributed by atoms with Crippen molar-refractivity contribution in [2.24, 2.45) is 5.73 Å². The molecule has 0 atom stereocenters. The molecule has 7 nitrogen and oxygen atoms in total. The maximum atomic E-state index is 12.5. The monoisotopic (exact) mass is 368 g/mol. The second kappa shape index (κ2) is 9.38. The average Bonchev–Trinajstić information content (AvgIpc) is 2.63. The second-order valence-corrected chi connectivity index (χ2v) is 6.10. The third kappa shape index (κ3) is 5.85. The molecular weight excluding hydrogens is 344 g/mol. The summed E-state index contributed by atoms with van der Waals surface area (Å²) in [5.41, 5.74) is 9.39. The Morgan fingerprint density at radius 2 is 1.85 bits per heavy atom. The van der Waals surface area contributed by atoms with Crippen LogP contribution in [0.25, 0.3) is 0 Å². The average molecular weight is 368 g/mol. The van der Waals surface area contributed by atoms with Gasteiger partial charge in [0.1, 0.15) is 0 Å². The fourth-order valence-electron chi connectivity index (χ4n) is 2.95. The van der Waals surface area contributed by atoms with Crippen molar-refractivity contribution in [1.82, 2.24) is 5.32 Å². The van der Waals surface area contributed by atoms with Crippen molar-refractivity contribution in [2.75, 3.05) is 5.32 Å². The van der Waals surface area contributed by atoms with Crippen LogP contribution in [0.1, 0.15) is 40.4 Å². The lowest BCUT2D eigenvalue weighted by Gasteiger charge is -2.14. The molecule has 2 rings (SSSR count). The maximum Gasteiger partial charge on any atom is 0.303 e. The molecule has 1 amide bonds. The van der Waals surface area contributed by atoms with E-state index in [4.69, 9.17) is 16.2 Å². The summed E-state index contributed by atoms with van der Waals surface area (Å²) < 4.78 is 0. The summed E-state index contributed by atoms with van der Waals surface area (Å²) in [6, 6.07) is 12.5.